The summed E-state index contributed by atoms with van der Waals surface area (Å²) in [6.07, 6.45) is 0. The minimum Gasteiger partial charge on any atom is -0.370 e. The lowest BCUT2D eigenvalue weighted by molar-refractivity contribution is 0.509. The predicted octanol–water partition coefficient (Wildman–Crippen LogP) is 3.46. The number of hydrogen-bond acceptors (Lipinski definition) is 2. The molecule has 0 saturated heterocycles. The first-order valence-corrected chi connectivity index (χ1v) is 5.37. The van der Waals surface area contributed by atoms with Gasteiger partial charge in [0.15, 0.2) is 11.6 Å². The number of hydrogen-bond donors (Lipinski definition) is 1. The maximum atomic E-state index is 13.1. The van der Waals surface area contributed by atoms with Crippen LogP contribution in [-0.2, 0) is 0 Å². The van der Waals surface area contributed by atoms with Crippen LogP contribution in [0.3, 0.4) is 0 Å². The summed E-state index contributed by atoms with van der Waals surface area (Å²) in [5, 5.41) is 3.06. The molecule has 1 heterocycles. The largest absolute Gasteiger partial charge is 0.370 e. The second-order valence-electron chi connectivity index (χ2n) is 3.57. The zero-order chi connectivity index (χ0) is 12.3. The van der Waals surface area contributed by atoms with Crippen molar-refractivity contribution in [3.05, 3.63) is 48.0 Å². The molecule has 0 aliphatic rings. The number of rotatable bonds is 3. The molecule has 88 valence electrons. The van der Waals surface area contributed by atoms with Crippen molar-refractivity contribution in [2.24, 2.45) is 0 Å². The van der Waals surface area contributed by atoms with Crippen LogP contribution in [0.5, 0.6) is 0 Å². The average molecular weight is 234 g/mol. The normalized spacial score (nSPS) is 10.3. The Morgan fingerprint density at radius 3 is 2.65 bits per heavy atom. The summed E-state index contributed by atoms with van der Waals surface area (Å²) in [6, 6.07) is 9.16. The van der Waals surface area contributed by atoms with Gasteiger partial charge in [0.25, 0.3) is 0 Å². The van der Waals surface area contributed by atoms with E-state index in [1.165, 1.54) is 6.07 Å². The number of anilines is 1. The molecule has 0 spiro atoms. The van der Waals surface area contributed by atoms with Gasteiger partial charge in [-0.1, -0.05) is 6.07 Å². The fourth-order valence-corrected chi connectivity index (χ4v) is 1.53. The van der Waals surface area contributed by atoms with Crippen molar-refractivity contribution in [1.29, 1.82) is 0 Å². The van der Waals surface area contributed by atoms with Crippen LogP contribution in [0, 0.1) is 11.6 Å². The van der Waals surface area contributed by atoms with Crippen LogP contribution in [-0.4, -0.2) is 11.5 Å². The Balaban J connectivity index is 2.38. The van der Waals surface area contributed by atoms with E-state index in [0.29, 0.717) is 11.3 Å². The van der Waals surface area contributed by atoms with Gasteiger partial charge in [0.1, 0.15) is 5.82 Å². The van der Waals surface area contributed by atoms with Crippen molar-refractivity contribution >= 4 is 5.82 Å². The zero-order valence-electron chi connectivity index (χ0n) is 9.37. The van der Waals surface area contributed by atoms with Gasteiger partial charge in [-0.25, -0.2) is 13.8 Å². The van der Waals surface area contributed by atoms with Crippen molar-refractivity contribution < 1.29 is 8.78 Å². The maximum absolute atomic E-state index is 13.1. The van der Waals surface area contributed by atoms with E-state index < -0.39 is 11.6 Å². The Morgan fingerprint density at radius 2 is 1.94 bits per heavy atom. The molecule has 1 aromatic carbocycles. The fraction of sp³-hybridized carbons (Fsp3) is 0.154. The molecular weight excluding hydrogens is 222 g/mol. The third-order valence-electron chi connectivity index (χ3n) is 2.32. The molecule has 0 amide bonds. The van der Waals surface area contributed by atoms with Gasteiger partial charge in [-0.3, -0.25) is 0 Å². The Bertz CT molecular complexity index is 527. The lowest BCUT2D eigenvalue weighted by Crippen LogP contribution is -1.99. The molecule has 0 bridgehead atoms. The van der Waals surface area contributed by atoms with E-state index in [0.717, 1.165) is 24.5 Å². The summed E-state index contributed by atoms with van der Waals surface area (Å²) >= 11 is 0. The minimum absolute atomic E-state index is 0.559. The molecule has 2 nitrogen and oxygen atoms in total. The summed E-state index contributed by atoms with van der Waals surface area (Å²) in [6.45, 7) is 2.72. The SMILES string of the molecule is CCNc1cccc(-c2ccc(F)c(F)c2)n1. The van der Waals surface area contributed by atoms with E-state index in [2.05, 4.69) is 10.3 Å². The Labute approximate surface area is 98.3 Å². The first-order valence-electron chi connectivity index (χ1n) is 5.37. The molecule has 0 atom stereocenters. The smallest absolute Gasteiger partial charge is 0.159 e. The standard InChI is InChI=1S/C13H12F2N2/c1-2-16-13-5-3-4-12(17-13)9-6-7-10(14)11(15)8-9/h3-8H,2H2,1H3,(H,16,17). The van der Waals surface area contributed by atoms with Gasteiger partial charge in [-0.15, -0.1) is 0 Å². The van der Waals surface area contributed by atoms with Crippen LogP contribution in [0.2, 0.25) is 0 Å². The Morgan fingerprint density at radius 1 is 1.12 bits per heavy atom. The van der Waals surface area contributed by atoms with Crippen molar-refractivity contribution in [2.45, 2.75) is 6.92 Å². The van der Waals surface area contributed by atoms with Gasteiger partial charge >= 0.3 is 0 Å². The molecule has 0 aliphatic carbocycles. The third kappa shape index (κ3) is 2.58. The third-order valence-corrected chi connectivity index (χ3v) is 2.32. The van der Waals surface area contributed by atoms with Crippen LogP contribution < -0.4 is 5.32 Å². The molecule has 2 rings (SSSR count). The monoisotopic (exact) mass is 234 g/mol. The molecule has 0 saturated carbocycles. The number of aromatic nitrogens is 1. The second kappa shape index (κ2) is 4.91. The summed E-state index contributed by atoms with van der Waals surface area (Å²) in [5.74, 6) is -0.996. The van der Waals surface area contributed by atoms with E-state index in [1.807, 2.05) is 19.1 Å². The summed E-state index contributed by atoms with van der Waals surface area (Å²) in [4.78, 5) is 4.30. The van der Waals surface area contributed by atoms with Gasteiger partial charge < -0.3 is 5.32 Å². The molecule has 2 aromatic rings. The van der Waals surface area contributed by atoms with Gasteiger partial charge in [-0.2, -0.15) is 0 Å². The minimum atomic E-state index is -0.863. The summed E-state index contributed by atoms with van der Waals surface area (Å²) in [7, 11) is 0. The average Bonchev–Trinajstić information content (AvgIpc) is 2.33. The Hall–Kier alpha value is -1.97. The van der Waals surface area contributed by atoms with Crippen LogP contribution in [0.1, 0.15) is 6.92 Å². The van der Waals surface area contributed by atoms with E-state index in [-0.39, 0.29) is 0 Å². The van der Waals surface area contributed by atoms with Crippen molar-refractivity contribution in [3.8, 4) is 11.3 Å². The summed E-state index contributed by atoms with van der Waals surface area (Å²) < 4.78 is 25.9. The number of halogens is 2. The van der Waals surface area contributed by atoms with E-state index >= 15 is 0 Å². The van der Waals surface area contributed by atoms with Crippen molar-refractivity contribution in [2.75, 3.05) is 11.9 Å². The molecular formula is C13H12F2N2. The number of pyridine rings is 1. The van der Waals surface area contributed by atoms with Crippen LogP contribution in [0.15, 0.2) is 36.4 Å². The topological polar surface area (TPSA) is 24.9 Å². The van der Waals surface area contributed by atoms with Gasteiger partial charge in [0, 0.05) is 12.1 Å². The number of benzene rings is 1. The highest BCUT2D eigenvalue weighted by Crippen LogP contribution is 2.20. The molecule has 17 heavy (non-hydrogen) atoms. The molecule has 4 heteroatoms. The van der Waals surface area contributed by atoms with Crippen LogP contribution in [0.25, 0.3) is 11.3 Å². The van der Waals surface area contributed by atoms with Crippen LogP contribution >= 0.6 is 0 Å². The molecule has 0 radical (unpaired) electrons. The van der Waals surface area contributed by atoms with Crippen molar-refractivity contribution in [3.63, 3.8) is 0 Å². The van der Waals surface area contributed by atoms with Crippen LogP contribution in [0.4, 0.5) is 14.6 Å². The molecule has 1 N–H and O–H groups in total. The quantitative estimate of drug-likeness (QED) is 0.879. The highest BCUT2D eigenvalue weighted by Gasteiger charge is 2.05. The van der Waals surface area contributed by atoms with Gasteiger partial charge in [0.2, 0.25) is 0 Å². The van der Waals surface area contributed by atoms with Gasteiger partial charge in [0.05, 0.1) is 5.69 Å². The van der Waals surface area contributed by atoms with E-state index in [4.69, 9.17) is 0 Å². The predicted molar refractivity (Wildman–Crippen MR) is 63.8 cm³/mol. The molecule has 0 unspecified atom stereocenters. The Kier molecular flexibility index (Phi) is 3.32. The van der Waals surface area contributed by atoms with Crippen molar-refractivity contribution in [1.82, 2.24) is 4.98 Å². The van der Waals surface area contributed by atoms with Gasteiger partial charge in [-0.05, 0) is 37.3 Å². The van der Waals surface area contributed by atoms with E-state index in [9.17, 15) is 8.78 Å². The molecule has 1 aromatic heterocycles. The first-order chi connectivity index (χ1) is 8.20. The summed E-state index contributed by atoms with van der Waals surface area (Å²) in [5.41, 5.74) is 1.17. The zero-order valence-corrected chi connectivity index (χ0v) is 9.37. The lowest BCUT2D eigenvalue weighted by atomic mass is 10.1. The lowest BCUT2D eigenvalue weighted by Gasteiger charge is -2.05. The highest BCUT2D eigenvalue weighted by molar-refractivity contribution is 5.61. The first kappa shape index (κ1) is 11.5. The number of nitrogens with zero attached hydrogens (tertiary/aromatic N) is 1. The van der Waals surface area contributed by atoms with E-state index in [1.54, 1.807) is 6.07 Å². The molecule has 0 aliphatic heterocycles. The highest BCUT2D eigenvalue weighted by atomic mass is 19.2. The molecule has 0 fully saturated rings. The maximum Gasteiger partial charge on any atom is 0.159 e. The number of nitrogens with one attached hydrogen (secondary N) is 1. The fourth-order valence-electron chi connectivity index (χ4n) is 1.53. The second-order valence-corrected chi connectivity index (χ2v) is 3.57.